The molecule has 0 spiro atoms. The van der Waals surface area contributed by atoms with Crippen molar-refractivity contribution < 1.29 is 9.21 Å². The van der Waals surface area contributed by atoms with Crippen molar-refractivity contribution in [3.8, 4) is 0 Å². The lowest BCUT2D eigenvalue weighted by molar-refractivity contribution is 0.0923. The van der Waals surface area contributed by atoms with E-state index in [1.807, 2.05) is 24.3 Å². The van der Waals surface area contributed by atoms with Crippen LogP contribution in [-0.2, 0) is 6.42 Å². The molecule has 2 N–H and O–H groups in total. The molecule has 0 saturated carbocycles. The zero-order valence-corrected chi connectivity index (χ0v) is 18.5. The normalized spacial score (nSPS) is 11.5. The molecular formula is C22H18Cl2N6O2. The quantitative estimate of drug-likeness (QED) is 0.300. The standard InChI is InChI=1S/C22H18Cl2N6O2/c1-13(27-28-18-5-3-16(23)4-6-18)11-26-21(31)22-30-29-20(32-22)9-14-2-7-19-15(8-14)10-17(24)12-25-19/h2-8,10,12,28H,9,11H2,1H3,(H,26,31)/b27-13+. The van der Waals surface area contributed by atoms with Crippen molar-refractivity contribution in [3.05, 3.63) is 82.1 Å². The molecule has 8 nitrogen and oxygen atoms in total. The van der Waals surface area contributed by atoms with E-state index >= 15 is 0 Å². The smallest absolute Gasteiger partial charge is 0.309 e. The van der Waals surface area contributed by atoms with Gasteiger partial charge in [0.2, 0.25) is 5.89 Å². The third-order valence-corrected chi connectivity index (χ3v) is 4.91. The highest BCUT2D eigenvalue weighted by Gasteiger charge is 2.15. The highest BCUT2D eigenvalue weighted by molar-refractivity contribution is 6.31. The summed E-state index contributed by atoms with van der Waals surface area (Å²) >= 11 is 11.9. The van der Waals surface area contributed by atoms with Crippen LogP contribution in [0.1, 0.15) is 29.1 Å². The van der Waals surface area contributed by atoms with Gasteiger partial charge in [0.1, 0.15) is 0 Å². The van der Waals surface area contributed by atoms with E-state index < -0.39 is 5.91 Å². The Labute approximate surface area is 193 Å². The van der Waals surface area contributed by atoms with Gasteiger partial charge in [-0.25, -0.2) is 0 Å². The number of aromatic nitrogens is 3. The first-order chi connectivity index (χ1) is 15.5. The van der Waals surface area contributed by atoms with Crippen LogP contribution in [0, 0.1) is 0 Å². The molecule has 0 aliphatic heterocycles. The van der Waals surface area contributed by atoms with Crippen LogP contribution in [0.2, 0.25) is 10.0 Å². The lowest BCUT2D eigenvalue weighted by atomic mass is 10.1. The average molecular weight is 469 g/mol. The summed E-state index contributed by atoms with van der Waals surface area (Å²) in [6, 6.07) is 14.7. The van der Waals surface area contributed by atoms with Crippen LogP contribution in [0.3, 0.4) is 0 Å². The summed E-state index contributed by atoms with van der Waals surface area (Å²) in [6.07, 6.45) is 1.99. The summed E-state index contributed by atoms with van der Waals surface area (Å²) in [5.41, 5.74) is 6.12. The molecule has 4 aromatic rings. The topological polar surface area (TPSA) is 105 Å². The lowest BCUT2D eigenvalue weighted by Gasteiger charge is -2.04. The largest absolute Gasteiger partial charge is 0.417 e. The molecule has 0 saturated heterocycles. The number of benzene rings is 2. The summed E-state index contributed by atoms with van der Waals surface area (Å²) in [5, 5.41) is 16.8. The number of hydrogen-bond acceptors (Lipinski definition) is 7. The fraction of sp³-hybridized carbons (Fsp3) is 0.136. The van der Waals surface area contributed by atoms with Crippen LogP contribution < -0.4 is 10.7 Å². The number of hydrazone groups is 1. The summed E-state index contributed by atoms with van der Waals surface area (Å²) in [5.74, 6) is -0.248. The third kappa shape index (κ3) is 5.60. The number of nitrogens with zero attached hydrogens (tertiary/aromatic N) is 4. The number of nitrogens with one attached hydrogen (secondary N) is 2. The average Bonchev–Trinajstić information content (AvgIpc) is 3.25. The molecule has 0 bridgehead atoms. The number of carbonyl (C=O) groups is 1. The molecule has 32 heavy (non-hydrogen) atoms. The number of fused-ring (bicyclic) bond motifs is 1. The van der Waals surface area contributed by atoms with Crippen LogP contribution in [-0.4, -0.2) is 33.3 Å². The number of carbonyl (C=O) groups excluding carboxylic acids is 1. The maximum Gasteiger partial charge on any atom is 0.309 e. The minimum Gasteiger partial charge on any atom is -0.417 e. The van der Waals surface area contributed by atoms with Crippen LogP contribution >= 0.6 is 23.2 Å². The van der Waals surface area contributed by atoms with Crippen molar-refractivity contribution in [2.45, 2.75) is 13.3 Å². The maximum absolute atomic E-state index is 12.3. The minimum absolute atomic E-state index is 0.107. The zero-order valence-electron chi connectivity index (χ0n) is 17.0. The van der Waals surface area contributed by atoms with Gasteiger partial charge >= 0.3 is 11.8 Å². The summed E-state index contributed by atoms with van der Waals surface area (Å²) in [6.45, 7) is 2.00. The Bertz CT molecular complexity index is 1290. The SMILES string of the molecule is C/C(CNC(=O)c1nnc(Cc2ccc3ncc(Cl)cc3c2)o1)=N\Nc1ccc(Cl)cc1. The zero-order chi connectivity index (χ0) is 22.5. The van der Waals surface area contributed by atoms with E-state index in [9.17, 15) is 4.79 Å². The van der Waals surface area contributed by atoms with Crippen LogP contribution in [0.5, 0.6) is 0 Å². The Balaban J connectivity index is 1.33. The van der Waals surface area contributed by atoms with E-state index in [4.69, 9.17) is 27.6 Å². The van der Waals surface area contributed by atoms with Gasteiger partial charge in [0.15, 0.2) is 0 Å². The number of amides is 1. The van der Waals surface area contributed by atoms with Crippen LogP contribution in [0.15, 0.2) is 64.2 Å². The summed E-state index contributed by atoms with van der Waals surface area (Å²) < 4.78 is 5.51. The van der Waals surface area contributed by atoms with E-state index in [1.54, 1.807) is 37.4 Å². The molecule has 2 aromatic heterocycles. The molecular weight excluding hydrogens is 451 g/mol. The Hall–Kier alpha value is -3.49. The lowest BCUT2D eigenvalue weighted by Crippen LogP contribution is -2.29. The first-order valence-corrected chi connectivity index (χ1v) is 10.4. The molecule has 2 aromatic carbocycles. The number of hydrogen-bond donors (Lipinski definition) is 2. The third-order valence-electron chi connectivity index (χ3n) is 4.45. The number of halogens is 2. The molecule has 0 aliphatic carbocycles. The van der Waals surface area contributed by atoms with Crippen molar-refractivity contribution in [1.29, 1.82) is 0 Å². The molecule has 0 aliphatic rings. The van der Waals surface area contributed by atoms with E-state index in [0.29, 0.717) is 28.1 Å². The van der Waals surface area contributed by atoms with Gasteiger partial charge in [-0.05, 0) is 55.0 Å². The first-order valence-electron chi connectivity index (χ1n) is 9.66. The molecule has 1 amide bonds. The van der Waals surface area contributed by atoms with Gasteiger partial charge in [-0.1, -0.05) is 29.3 Å². The monoisotopic (exact) mass is 468 g/mol. The number of anilines is 1. The molecule has 0 radical (unpaired) electrons. The molecule has 0 unspecified atom stereocenters. The van der Waals surface area contributed by atoms with Crippen molar-refractivity contribution >= 4 is 51.4 Å². The van der Waals surface area contributed by atoms with Gasteiger partial charge in [0, 0.05) is 16.6 Å². The second-order valence-corrected chi connectivity index (χ2v) is 7.88. The fourth-order valence-electron chi connectivity index (χ4n) is 2.86. The highest BCUT2D eigenvalue weighted by Crippen LogP contribution is 2.20. The minimum atomic E-state index is -0.473. The van der Waals surface area contributed by atoms with Crippen LogP contribution in [0.4, 0.5) is 5.69 Å². The van der Waals surface area contributed by atoms with E-state index in [1.165, 1.54) is 0 Å². The van der Waals surface area contributed by atoms with Crippen molar-refractivity contribution in [1.82, 2.24) is 20.5 Å². The van der Waals surface area contributed by atoms with Crippen molar-refractivity contribution in [3.63, 3.8) is 0 Å². The van der Waals surface area contributed by atoms with Crippen molar-refractivity contribution in [2.24, 2.45) is 5.10 Å². The van der Waals surface area contributed by atoms with Gasteiger partial charge in [0.25, 0.3) is 0 Å². The Morgan fingerprint density at radius 1 is 1.06 bits per heavy atom. The molecule has 162 valence electrons. The summed E-state index contributed by atoms with van der Waals surface area (Å²) in [4.78, 5) is 16.6. The van der Waals surface area contributed by atoms with Crippen LogP contribution in [0.25, 0.3) is 10.9 Å². The maximum atomic E-state index is 12.3. The van der Waals surface area contributed by atoms with Gasteiger partial charge < -0.3 is 9.73 Å². The molecule has 0 fully saturated rings. The molecule has 10 heteroatoms. The van der Waals surface area contributed by atoms with E-state index in [0.717, 1.165) is 22.2 Å². The molecule has 2 heterocycles. The van der Waals surface area contributed by atoms with Gasteiger partial charge in [-0.3, -0.25) is 15.2 Å². The van der Waals surface area contributed by atoms with Gasteiger partial charge in [-0.15, -0.1) is 10.2 Å². The van der Waals surface area contributed by atoms with E-state index in [2.05, 4.69) is 31.0 Å². The fourth-order valence-corrected chi connectivity index (χ4v) is 3.16. The van der Waals surface area contributed by atoms with E-state index in [-0.39, 0.29) is 12.4 Å². The molecule has 4 rings (SSSR count). The van der Waals surface area contributed by atoms with Gasteiger partial charge in [0.05, 0.1) is 34.9 Å². The Kier molecular flexibility index (Phi) is 6.63. The highest BCUT2D eigenvalue weighted by atomic mass is 35.5. The second-order valence-electron chi connectivity index (χ2n) is 7.01. The predicted molar refractivity (Wildman–Crippen MR) is 124 cm³/mol. The van der Waals surface area contributed by atoms with Gasteiger partial charge in [-0.2, -0.15) is 5.10 Å². The second kappa shape index (κ2) is 9.76. The number of pyridine rings is 1. The Morgan fingerprint density at radius 3 is 2.69 bits per heavy atom. The summed E-state index contributed by atoms with van der Waals surface area (Å²) in [7, 11) is 0. The molecule has 0 atom stereocenters. The van der Waals surface area contributed by atoms with Crippen molar-refractivity contribution in [2.75, 3.05) is 12.0 Å². The Morgan fingerprint density at radius 2 is 1.88 bits per heavy atom. The number of rotatable bonds is 7. The first kappa shape index (κ1) is 21.7. The predicted octanol–water partition coefficient (Wildman–Crippen LogP) is 4.73.